The van der Waals surface area contributed by atoms with Crippen molar-refractivity contribution in [1.82, 2.24) is 4.90 Å². The van der Waals surface area contributed by atoms with Crippen LogP contribution in [0.4, 0.5) is 11.4 Å². The number of aliphatic imine (C=N–C) groups is 1. The molecule has 6 nitrogen and oxygen atoms in total. The van der Waals surface area contributed by atoms with Gasteiger partial charge in [0.1, 0.15) is 11.4 Å². The topological polar surface area (TPSA) is 88.2 Å². The van der Waals surface area contributed by atoms with Gasteiger partial charge in [-0.05, 0) is 19.2 Å². The lowest BCUT2D eigenvalue weighted by atomic mass is 10.0. The molecule has 0 fully saturated rings. The number of hydrogen-bond acceptors (Lipinski definition) is 5. The maximum Gasteiger partial charge on any atom is 0.304 e. The molecule has 1 aliphatic carbocycles. The normalized spacial score (nSPS) is 18.0. The molecular weight excluding hydrogens is 330 g/mol. The van der Waals surface area contributed by atoms with Gasteiger partial charge in [0, 0.05) is 29.1 Å². The number of carbonyl (C=O) groups is 1. The number of nitrogens with zero attached hydrogens (tertiary/aromatic N) is 2. The molecule has 1 aliphatic heterocycles. The average Bonchev–Trinajstić information content (AvgIpc) is 2.64. The quantitative estimate of drug-likeness (QED) is 0.828. The van der Waals surface area contributed by atoms with Gasteiger partial charge in [0.25, 0.3) is 0 Å². The maximum atomic E-state index is 10.8. The minimum atomic E-state index is -0.809. The number of allylic oxidation sites excluding steroid dienone is 1. The summed E-state index contributed by atoms with van der Waals surface area (Å²) in [6.07, 6.45) is 5.97. The van der Waals surface area contributed by atoms with Crippen molar-refractivity contribution in [2.24, 2.45) is 4.99 Å². The van der Waals surface area contributed by atoms with Gasteiger partial charge in [-0.25, -0.2) is 4.99 Å². The number of hydrogen-bond donors (Lipinski definition) is 2. The third-order valence-electron chi connectivity index (χ3n) is 4.68. The van der Waals surface area contributed by atoms with Crippen molar-refractivity contribution in [3.63, 3.8) is 0 Å². The number of carboxylic acids is 1. The molecule has 4 rings (SSSR count). The van der Waals surface area contributed by atoms with E-state index in [0.29, 0.717) is 23.7 Å². The lowest BCUT2D eigenvalue weighted by Gasteiger charge is -2.28. The smallest absolute Gasteiger partial charge is 0.304 e. The summed E-state index contributed by atoms with van der Waals surface area (Å²) < 4.78 is 6.09. The first-order valence-electron chi connectivity index (χ1n) is 8.43. The van der Waals surface area contributed by atoms with Crippen molar-refractivity contribution in [2.45, 2.75) is 12.5 Å². The predicted molar refractivity (Wildman–Crippen MR) is 102 cm³/mol. The Morgan fingerprint density at radius 1 is 1.35 bits per heavy atom. The van der Waals surface area contributed by atoms with Gasteiger partial charge in [0.05, 0.1) is 12.5 Å². The molecule has 0 aromatic heterocycles. The van der Waals surface area contributed by atoms with Crippen LogP contribution in [0.25, 0.3) is 10.8 Å². The molecule has 0 saturated heterocycles. The van der Waals surface area contributed by atoms with Crippen LogP contribution in [0.1, 0.15) is 6.42 Å². The second-order valence-corrected chi connectivity index (χ2v) is 6.46. The van der Waals surface area contributed by atoms with E-state index in [1.165, 1.54) is 0 Å². The van der Waals surface area contributed by atoms with Gasteiger partial charge in [-0.3, -0.25) is 9.69 Å². The van der Waals surface area contributed by atoms with Gasteiger partial charge in [-0.2, -0.15) is 0 Å². The van der Waals surface area contributed by atoms with Crippen LogP contribution in [-0.2, 0) is 4.79 Å². The standard InChI is InChI=1S/C20H19N3O3/c1-23(9-8-19(24)25)12-6-7-16-17(10-12)26-18-11-15(21)13-4-2-3-5-14(13)20(18)22-16/h2-7,10-12H,8-9,21H2,1H3,(H,24,25). The Hall–Kier alpha value is -3.12. The van der Waals surface area contributed by atoms with Gasteiger partial charge < -0.3 is 15.6 Å². The molecule has 3 N–H and O–H groups in total. The molecule has 26 heavy (non-hydrogen) atoms. The molecule has 1 atom stereocenters. The molecule has 6 heteroatoms. The highest BCUT2D eigenvalue weighted by Gasteiger charge is 2.25. The fraction of sp³-hybridized carbons (Fsp3) is 0.200. The molecule has 0 radical (unpaired) electrons. The summed E-state index contributed by atoms with van der Waals surface area (Å²) in [6.45, 7) is 0.453. The fourth-order valence-corrected chi connectivity index (χ4v) is 3.24. The molecule has 0 spiro atoms. The van der Waals surface area contributed by atoms with Crippen molar-refractivity contribution in [2.75, 3.05) is 19.3 Å². The third kappa shape index (κ3) is 2.84. The molecule has 2 aliphatic rings. The number of anilines is 1. The summed E-state index contributed by atoms with van der Waals surface area (Å²) >= 11 is 0. The van der Waals surface area contributed by atoms with Crippen molar-refractivity contribution in [3.05, 3.63) is 54.3 Å². The fourth-order valence-electron chi connectivity index (χ4n) is 3.24. The van der Waals surface area contributed by atoms with Gasteiger partial charge in [-0.1, -0.05) is 30.3 Å². The minimum absolute atomic E-state index is 0.0392. The number of rotatable bonds is 4. The Labute approximate surface area is 150 Å². The van der Waals surface area contributed by atoms with Crippen LogP contribution in [0.5, 0.6) is 5.75 Å². The lowest BCUT2D eigenvalue weighted by Crippen LogP contribution is -2.33. The summed E-state index contributed by atoms with van der Waals surface area (Å²) in [5, 5.41) is 10.8. The van der Waals surface area contributed by atoms with Crippen molar-refractivity contribution in [1.29, 1.82) is 0 Å². The number of aliphatic carboxylic acids is 1. The zero-order valence-corrected chi connectivity index (χ0v) is 14.3. The highest BCUT2D eigenvalue weighted by atomic mass is 16.5. The van der Waals surface area contributed by atoms with E-state index in [4.69, 9.17) is 20.6 Å². The van der Waals surface area contributed by atoms with Gasteiger partial charge in [-0.15, -0.1) is 0 Å². The number of ether oxygens (including phenoxy) is 1. The Balaban J connectivity index is 1.68. The summed E-state index contributed by atoms with van der Waals surface area (Å²) in [5.74, 6) is 0.497. The SMILES string of the molecule is CN(CCC(=O)O)C1C=CC2=Nc3c(cc(N)c4ccccc34)OC2=C1. The second-order valence-electron chi connectivity index (χ2n) is 6.46. The number of likely N-dealkylation sites (N-methyl/N-ethyl adjacent to an activating group) is 1. The van der Waals surface area contributed by atoms with E-state index in [1.54, 1.807) is 6.07 Å². The Kier molecular flexibility index (Phi) is 3.97. The zero-order chi connectivity index (χ0) is 18.3. The zero-order valence-electron chi connectivity index (χ0n) is 14.3. The third-order valence-corrected chi connectivity index (χ3v) is 4.68. The monoisotopic (exact) mass is 349 g/mol. The molecule has 2 aromatic carbocycles. The molecule has 1 heterocycles. The van der Waals surface area contributed by atoms with Crippen molar-refractivity contribution in [3.8, 4) is 5.75 Å². The maximum absolute atomic E-state index is 10.8. The summed E-state index contributed by atoms with van der Waals surface area (Å²) in [6, 6.07) is 9.63. The Morgan fingerprint density at radius 3 is 2.88 bits per heavy atom. The average molecular weight is 349 g/mol. The Morgan fingerprint density at radius 2 is 2.12 bits per heavy atom. The van der Waals surface area contributed by atoms with E-state index >= 15 is 0 Å². The molecule has 132 valence electrons. The van der Waals surface area contributed by atoms with Crippen LogP contribution < -0.4 is 10.5 Å². The number of benzene rings is 2. The van der Waals surface area contributed by atoms with E-state index in [0.717, 1.165) is 22.2 Å². The van der Waals surface area contributed by atoms with E-state index in [-0.39, 0.29) is 12.5 Å². The van der Waals surface area contributed by atoms with Gasteiger partial charge in [0.15, 0.2) is 11.5 Å². The molecule has 0 bridgehead atoms. The summed E-state index contributed by atoms with van der Waals surface area (Å²) in [5.41, 5.74) is 8.36. The molecular formula is C20H19N3O3. The van der Waals surface area contributed by atoms with Crippen LogP contribution in [0.2, 0.25) is 0 Å². The highest BCUT2D eigenvalue weighted by molar-refractivity contribution is 6.14. The lowest BCUT2D eigenvalue weighted by molar-refractivity contribution is -0.137. The molecule has 1 unspecified atom stereocenters. The van der Waals surface area contributed by atoms with E-state index in [9.17, 15) is 4.79 Å². The minimum Gasteiger partial charge on any atom is -0.481 e. The first-order valence-corrected chi connectivity index (χ1v) is 8.43. The van der Waals surface area contributed by atoms with E-state index < -0.39 is 5.97 Å². The van der Waals surface area contributed by atoms with Crippen LogP contribution in [0, 0.1) is 0 Å². The van der Waals surface area contributed by atoms with E-state index in [2.05, 4.69) is 0 Å². The highest BCUT2D eigenvalue weighted by Crippen LogP contribution is 2.43. The summed E-state index contributed by atoms with van der Waals surface area (Å²) in [7, 11) is 1.89. The summed E-state index contributed by atoms with van der Waals surface area (Å²) in [4.78, 5) is 17.5. The molecule has 2 aromatic rings. The van der Waals surface area contributed by atoms with Gasteiger partial charge >= 0.3 is 5.97 Å². The first kappa shape index (κ1) is 16.4. The van der Waals surface area contributed by atoms with Crippen LogP contribution in [0.15, 0.2) is 59.3 Å². The van der Waals surface area contributed by atoms with Crippen LogP contribution >= 0.6 is 0 Å². The van der Waals surface area contributed by atoms with Crippen LogP contribution in [-0.4, -0.2) is 41.3 Å². The number of nitrogens with two attached hydrogens (primary N) is 1. The number of carboxylic acid groups (broad SMARTS) is 1. The van der Waals surface area contributed by atoms with Crippen molar-refractivity contribution < 1.29 is 14.6 Å². The largest absolute Gasteiger partial charge is 0.481 e. The first-order chi connectivity index (χ1) is 12.5. The Bertz CT molecular complexity index is 991. The van der Waals surface area contributed by atoms with Crippen molar-refractivity contribution >= 4 is 33.8 Å². The molecule has 0 amide bonds. The number of fused-ring (bicyclic) bond motifs is 4. The van der Waals surface area contributed by atoms with Crippen LogP contribution in [0.3, 0.4) is 0 Å². The number of nitrogen functional groups attached to an aromatic ring is 1. The second kappa shape index (κ2) is 6.31. The van der Waals surface area contributed by atoms with E-state index in [1.807, 2.05) is 54.4 Å². The molecule has 0 saturated carbocycles. The van der Waals surface area contributed by atoms with Gasteiger partial charge in [0.2, 0.25) is 0 Å². The predicted octanol–water partition coefficient (Wildman–Crippen LogP) is 3.12.